The molecule has 0 amide bonds. The van der Waals surface area contributed by atoms with Gasteiger partial charge in [0.05, 0.1) is 19.6 Å². The second-order valence-corrected chi connectivity index (χ2v) is 3.73. The van der Waals surface area contributed by atoms with E-state index in [1.165, 1.54) is 6.92 Å². The highest BCUT2D eigenvalue weighted by Crippen LogP contribution is 2.20. The van der Waals surface area contributed by atoms with Gasteiger partial charge < -0.3 is 4.74 Å². The van der Waals surface area contributed by atoms with E-state index in [0.29, 0.717) is 5.56 Å². The van der Waals surface area contributed by atoms with Crippen molar-refractivity contribution in [1.29, 1.82) is 0 Å². The van der Waals surface area contributed by atoms with E-state index in [0.717, 1.165) is 0 Å². The first kappa shape index (κ1) is 15.2. The molecule has 19 heavy (non-hydrogen) atoms. The molecule has 1 rings (SSSR count). The topological polar surface area (TPSA) is 38.7 Å². The monoisotopic (exact) mass is 273 g/mol. The molecule has 3 nitrogen and oxygen atoms in total. The van der Waals surface area contributed by atoms with Crippen LogP contribution in [0.2, 0.25) is 0 Å². The van der Waals surface area contributed by atoms with Gasteiger partial charge in [-0.2, -0.15) is 13.2 Å². The van der Waals surface area contributed by atoms with Crippen LogP contribution < -0.4 is 0 Å². The zero-order valence-electron chi connectivity index (χ0n) is 10.4. The minimum Gasteiger partial charge on any atom is -0.466 e. The molecule has 0 saturated heterocycles. The van der Waals surface area contributed by atoms with Crippen molar-refractivity contribution < 1.29 is 22.7 Å². The Morgan fingerprint density at radius 2 is 1.89 bits per heavy atom. The van der Waals surface area contributed by atoms with Gasteiger partial charge in [-0.15, -0.1) is 0 Å². The molecule has 0 unspecified atom stereocenters. The average Bonchev–Trinajstić information content (AvgIpc) is 2.34. The number of hydrogen-bond acceptors (Lipinski definition) is 3. The summed E-state index contributed by atoms with van der Waals surface area (Å²) in [6, 6.07) is 8.52. The van der Waals surface area contributed by atoms with Crippen molar-refractivity contribution >= 4 is 11.7 Å². The Bertz CT molecular complexity index is 441. The van der Waals surface area contributed by atoms with Crippen molar-refractivity contribution in [2.45, 2.75) is 26.1 Å². The first-order valence-corrected chi connectivity index (χ1v) is 5.73. The summed E-state index contributed by atoms with van der Waals surface area (Å²) in [4.78, 5) is 14.6. The molecule has 0 fully saturated rings. The van der Waals surface area contributed by atoms with E-state index < -0.39 is 24.3 Å². The number of esters is 1. The lowest BCUT2D eigenvalue weighted by atomic mass is 10.2. The van der Waals surface area contributed by atoms with Gasteiger partial charge in [0.2, 0.25) is 0 Å². The molecule has 0 heterocycles. The van der Waals surface area contributed by atoms with Crippen molar-refractivity contribution in [1.82, 2.24) is 0 Å². The summed E-state index contributed by atoms with van der Waals surface area (Å²) in [5.41, 5.74) is -0.470. The van der Waals surface area contributed by atoms with Crippen LogP contribution in [0.3, 0.4) is 0 Å². The number of rotatable bonds is 5. The van der Waals surface area contributed by atoms with E-state index in [-0.39, 0.29) is 13.2 Å². The number of carbonyl (C=O) groups excluding carboxylic acids is 1. The van der Waals surface area contributed by atoms with Crippen LogP contribution >= 0.6 is 0 Å². The lowest BCUT2D eigenvalue weighted by molar-refractivity contribution is -0.142. The van der Waals surface area contributed by atoms with E-state index in [9.17, 15) is 18.0 Å². The first-order valence-electron chi connectivity index (χ1n) is 5.73. The molecule has 0 saturated carbocycles. The quantitative estimate of drug-likeness (QED) is 0.610. The van der Waals surface area contributed by atoms with Gasteiger partial charge in [0.15, 0.2) is 0 Å². The summed E-state index contributed by atoms with van der Waals surface area (Å²) in [7, 11) is 0. The van der Waals surface area contributed by atoms with E-state index in [1.54, 1.807) is 30.3 Å². The van der Waals surface area contributed by atoms with Crippen LogP contribution in [0.5, 0.6) is 0 Å². The number of hydrogen-bond donors (Lipinski definition) is 0. The lowest BCUT2D eigenvalue weighted by Gasteiger charge is -2.10. The number of aliphatic imine (C=N–C) groups is 1. The van der Waals surface area contributed by atoms with Crippen molar-refractivity contribution in [2.75, 3.05) is 6.61 Å². The van der Waals surface area contributed by atoms with Crippen molar-refractivity contribution in [3.63, 3.8) is 0 Å². The third kappa shape index (κ3) is 5.54. The zero-order valence-corrected chi connectivity index (χ0v) is 10.4. The highest BCUT2D eigenvalue weighted by atomic mass is 19.4. The van der Waals surface area contributed by atoms with Gasteiger partial charge in [-0.3, -0.25) is 9.79 Å². The van der Waals surface area contributed by atoms with Crippen molar-refractivity contribution in [3.8, 4) is 0 Å². The molecule has 6 heteroatoms. The first-order chi connectivity index (χ1) is 8.93. The van der Waals surface area contributed by atoms with Gasteiger partial charge in [-0.25, -0.2) is 0 Å². The van der Waals surface area contributed by atoms with Gasteiger partial charge in [-0.05, 0) is 12.5 Å². The molecular weight excluding hydrogens is 259 g/mol. The number of alkyl halides is 3. The lowest BCUT2D eigenvalue weighted by Crippen LogP contribution is -2.27. The molecule has 0 N–H and O–H groups in total. The van der Waals surface area contributed by atoms with E-state index in [4.69, 9.17) is 0 Å². The molecule has 1 aromatic carbocycles. The molecule has 0 aliphatic carbocycles. The zero-order chi connectivity index (χ0) is 14.3. The van der Waals surface area contributed by atoms with Gasteiger partial charge in [-0.1, -0.05) is 30.3 Å². The van der Waals surface area contributed by atoms with Crippen LogP contribution in [0.1, 0.15) is 18.9 Å². The molecular formula is C13H14F3NO2. The Morgan fingerprint density at radius 3 is 2.42 bits per heavy atom. The SMILES string of the molecule is CCOC(=O)CC(=NCc1ccccc1)C(F)(F)F. The third-order valence-corrected chi connectivity index (χ3v) is 2.24. The Labute approximate surface area is 109 Å². The van der Waals surface area contributed by atoms with Crippen molar-refractivity contribution in [2.24, 2.45) is 4.99 Å². The van der Waals surface area contributed by atoms with E-state index >= 15 is 0 Å². The number of benzene rings is 1. The van der Waals surface area contributed by atoms with Crippen molar-refractivity contribution in [3.05, 3.63) is 35.9 Å². The van der Waals surface area contributed by atoms with E-state index in [1.807, 2.05) is 0 Å². The van der Waals surface area contributed by atoms with Gasteiger partial charge in [0.25, 0.3) is 0 Å². The van der Waals surface area contributed by atoms with E-state index in [2.05, 4.69) is 9.73 Å². The molecule has 0 aliphatic rings. The fraction of sp³-hybridized carbons (Fsp3) is 0.385. The number of carbonyl (C=O) groups is 1. The molecule has 0 bridgehead atoms. The van der Waals surface area contributed by atoms with Gasteiger partial charge >= 0.3 is 12.1 Å². The molecule has 0 spiro atoms. The Balaban J connectivity index is 2.77. The van der Waals surface area contributed by atoms with Crippen LogP contribution in [0.15, 0.2) is 35.3 Å². The molecule has 0 radical (unpaired) electrons. The smallest absolute Gasteiger partial charge is 0.429 e. The summed E-state index contributed by atoms with van der Waals surface area (Å²) in [5.74, 6) is -0.924. The summed E-state index contributed by atoms with van der Waals surface area (Å²) >= 11 is 0. The maximum atomic E-state index is 12.7. The summed E-state index contributed by atoms with van der Waals surface area (Å²) in [6.07, 6.45) is -5.48. The maximum Gasteiger partial charge on any atom is 0.429 e. The average molecular weight is 273 g/mol. The normalized spacial score (nSPS) is 12.3. The molecule has 104 valence electrons. The second-order valence-electron chi connectivity index (χ2n) is 3.73. The second kappa shape index (κ2) is 6.92. The standard InChI is InChI=1S/C13H14F3NO2/c1-2-19-12(18)8-11(13(14,15)16)17-9-10-6-4-3-5-7-10/h3-7H,2,8-9H2,1H3. The van der Waals surface area contributed by atoms with Crippen LogP contribution in [-0.2, 0) is 16.1 Å². The maximum absolute atomic E-state index is 12.7. The largest absolute Gasteiger partial charge is 0.466 e. The predicted molar refractivity (Wildman–Crippen MR) is 64.9 cm³/mol. The van der Waals surface area contributed by atoms with Crippen LogP contribution in [0.25, 0.3) is 0 Å². The molecule has 0 aliphatic heterocycles. The minimum absolute atomic E-state index is 0.0443. The predicted octanol–water partition coefficient (Wildman–Crippen LogP) is 3.14. The Morgan fingerprint density at radius 1 is 1.26 bits per heavy atom. The fourth-order valence-corrected chi connectivity index (χ4v) is 1.36. The summed E-state index contributed by atoms with van der Waals surface area (Å²) < 4.78 is 42.6. The summed E-state index contributed by atoms with van der Waals surface area (Å²) in [5, 5.41) is 0. The Kier molecular flexibility index (Phi) is 5.54. The number of halogens is 3. The number of nitrogens with zero attached hydrogens (tertiary/aromatic N) is 1. The number of ether oxygens (including phenoxy) is 1. The van der Waals surface area contributed by atoms with Crippen LogP contribution in [0.4, 0.5) is 13.2 Å². The molecule has 0 aromatic heterocycles. The highest BCUT2D eigenvalue weighted by molar-refractivity contribution is 6.02. The fourth-order valence-electron chi connectivity index (χ4n) is 1.36. The van der Waals surface area contributed by atoms with Gasteiger partial charge in [0, 0.05) is 0 Å². The Hall–Kier alpha value is -1.85. The van der Waals surface area contributed by atoms with Gasteiger partial charge in [0.1, 0.15) is 5.71 Å². The minimum atomic E-state index is -4.62. The van der Waals surface area contributed by atoms with Crippen LogP contribution in [0, 0.1) is 0 Å². The third-order valence-electron chi connectivity index (χ3n) is 2.24. The van der Waals surface area contributed by atoms with Crippen LogP contribution in [-0.4, -0.2) is 24.5 Å². The summed E-state index contributed by atoms with van der Waals surface area (Å²) in [6.45, 7) is 1.46. The molecule has 0 atom stereocenters. The molecule has 1 aromatic rings. The highest BCUT2D eigenvalue weighted by Gasteiger charge is 2.36.